The van der Waals surface area contributed by atoms with Crippen molar-refractivity contribution in [3.8, 4) is 5.75 Å². The molecule has 10 heteroatoms. The molecule has 1 aromatic rings. The van der Waals surface area contributed by atoms with Gasteiger partial charge in [-0.1, -0.05) is 17.2 Å². The number of nitrogens with one attached hydrogen (secondary N) is 1. The van der Waals surface area contributed by atoms with Gasteiger partial charge in [0.25, 0.3) is 5.91 Å². The highest BCUT2D eigenvalue weighted by Gasteiger charge is 2.11. The minimum Gasteiger partial charge on any atom is -0.494 e. The molecule has 1 aliphatic carbocycles. The predicted octanol–water partition coefficient (Wildman–Crippen LogP) is 2.46. The molecule has 0 saturated carbocycles. The van der Waals surface area contributed by atoms with Gasteiger partial charge in [0.15, 0.2) is 12.9 Å². The Labute approximate surface area is 180 Å². The number of benzene rings is 1. The molecule has 162 valence electrons. The molecule has 1 amide bonds. The van der Waals surface area contributed by atoms with E-state index in [-0.39, 0.29) is 42.6 Å². The van der Waals surface area contributed by atoms with Crippen molar-refractivity contribution in [3.05, 3.63) is 64.0 Å². The number of hydrogen-bond donors (Lipinski definition) is 2. The Morgan fingerprint density at radius 3 is 2.77 bits per heavy atom. The molecular formula is C20H23ClN2O6S. The highest BCUT2D eigenvalue weighted by atomic mass is 35.5. The summed E-state index contributed by atoms with van der Waals surface area (Å²) < 4.78 is 32.9. The predicted molar refractivity (Wildman–Crippen MR) is 114 cm³/mol. The molecule has 0 atom stereocenters. The average Bonchev–Trinajstić information content (AvgIpc) is 2.84. The van der Waals surface area contributed by atoms with Gasteiger partial charge in [0, 0.05) is 17.1 Å². The third-order valence-electron chi connectivity index (χ3n) is 3.91. The van der Waals surface area contributed by atoms with E-state index in [0.717, 1.165) is 5.57 Å². The van der Waals surface area contributed by atoms with Crippen LogP contribution in [0.4, 0.5) is 0 Å². The fraction of sp³-hybridized carbons (Fsp3) is 0.300. The highest BCUT2D eigenvalue weighted by molar-refractivity contribution is 7.89. The van der Waals surface area contributed by atoms with Crippen LogP contribution in [0.2, 0.25) is 5.02 Å². The van der Waals surface area contributed by atoms with Crippen molar-refractivity contribution in [2.24, 2.45) is 5.14 Å². The van der Waals surface area contributed by atoms with Crippen molar-refractivity contribution in [1.29, 1.82) is 0 Å². The van der Waals surface area contributed by atoms with Crippen molar-refractivity contribution in [1.82, 2.24) is 5.32 Å². The largest absolute Gasteiger partial charge is 0.494 e. The Morgan fingerprint density at radius 2 is 2.07 bits per heavy atom. The summed E-state index contributed by atoms with van der Waals surface area (Å²) >= 11 is 5.83. The Bertz CT molecular complexity index is 999. The van der Waals surface area contributed by atoms with Gasteiger partial charge in [-0.3, -0.25) is 9.59 Å². The second-order valence-corrected chi connectivity index (χ2v) is 8.80. The molecule has 0 heterocycles. The lowest BCUT2D eigenvalue weighted by Gasteiger charge is -2.11. The van der Waals surface area contributed by atoms with E-state index < -0.39 is 10.0 Å². The number of hydrogen-bond acceptors (Lipinski definition) is 6. The number of sulfonamides is 1. The standard InChI is InChI=1S/C20H23ClN2O6S/c1-14-9-17(4-5-18(10-14)28-7-2-8-30(22,26)27)23-20(25)13-29-19-6-3-16(21)11-15(19)12-24/h3-6,10-12H,2,7-9,13H2,1H3,(H,23,25)(H2,22,26,27). The summed E-state index contributed by atoms with van der Waals surface area (Å²) in [5.74, 6) is 0.288. The first-order valence-corrected chi connectivity index (χ1v) is 11.1. The van der Waals surface area contributed by atoms with Crippen molar-refractivity contribution >= 4 is 33.8 Å². The normalized spacial score (nSPS) is 14.0. The molecule has 3 N–H and O–H groups in total. The van der Waals surface area contributed by atoms with E-state index in [1.165, 1.54) is 12.1 Å². The van der Waals surface area contributed by atoms with Gasteiger partial charge in [-0.25, -0.2) is 13.6 Å². The van der Waals surface area contributed by atoms with Crippen molar-refractivity contribution < 1.29 is 27.5 Å². The lowest BCUT2D eigenvalue weighted by Crippen LogP contribution is -2.28. The zero-order valence-electron chi connectivity index (χ0n) is 16.4. The fourth-order valence-electron chi connectivity index (χ4n) is 2.61. The van der Waals surface area contributed by atoms with E-state index in [1.54, 1.807) is 18.2 Å². The number of rotatable bonds is 10. The molecular weight excluding hydrogens is 432 g/mol. The van der Waals surface area contributed by atoms with Crippen LogP contribution in [-0.4, -0.2) is 39.6 Å². The molecule has 30 heavy (non-hydrogen) atoms. The Hall–Kier alpha value is -2.62. The first kappa shape index (κ1) is 23.7. The van der Waals surface area contributed by atoms with Gasteiger partial charge in [-0.05, 0) is 49.8 Å². The maximum atomic E-state index is 12.2. The number of allylic oxidation sites excluding steroid dienone is 4. The zero-order valence-corrected chi connectivity index (χ0v) is 18.0. The number of nitrogens with two attached hydrogens (primary N) is 1. The first-order chi connectivity index (χ1) is 14.2. The van der Waals surface area contributed by atoms with E-state index in [1.807, 2.05) is 13.0 Å². The summed E-state index contributed by atoms with van der Waals surface area (Å²) in [7, 11) is -3.51. The van der Waals surface area contributed by atoms with E-state index in [9.17, 15) is 18.0 Å². The number of carbonyl (C=O) groups excluding carboxylic acids is 2. The summed E-state index contributed by atoms with van der Waals surface area (Å²) in [6.45, 7) is 1.81. The molecule has 0 unspecified atom stereocenters. The summed E-state index contributed by atoms with van der Waals surface area (Å²) in [6, 6.07) is 4.55. The molecule has 0 radical (unpaired) electrons. The van der Waals surface area contributed by atoms with Gasteiger partial charge in [0.1, 0.15) is 11.5 Å². The van der Waals surface area contributed by atoms with Gasteiger partial charge in [0.05, 0.1) is 17.9 Å². The molecule has 1 aliphatic rings. The maximum absolute atomic E-state index is 12.2. The number of primary sulfonamides is 1. The Balaban J connectivity index is 1.90. The monoisotopic (exact) mass is 454 g/mol. The molecule has 1 aromatic carbocycles. The van der Waals surface area contributed by atoms with Gasteiger partial charge in [0.2, 0.25) is 10.0 Å². The number of amides is 1. The minimum absolute atomic E-state index is 0.153. The number of halogens is 1. The van der Waals surface area contributed by atoms with Gasteiger partial charge in [-0.2, -0.15) is 0 Å². The second-order valence-electron chi connectivity index (χ2n) is 6.63. The third kappa shape index (κ3) is 8.40. The maximum Gasteiger partial charge on any atom is 0.262 e. The molecule has 0 saturated heterocycles. The van der Waals surface area contributed by atoms with Crippen LogP contribution >= 0.6 is 11.6 Å². The van der Waals surface area contributed by atoms with Crippen molar-refractivity contribution in [2.75, 3.05) is 19.0 Å². The zero-order chi connectivity index (χ0) is 22.1. The molecule has 0 aliphatic heterocycles. The number of ether oxygens (including phenoxy) is 2. The summed E-state index contributed by atoms with van der Waals surface area (Å²) in [5, 5.41) is 8.12. The third-order valence-corrected chi connectivity index (χ3v) is 5.00. The molecule has 0 aromatic heterocycles. The lowest BCUT2D eigenvalue weighted by atomic mass is 10.1. The topological polar surface area (TPSA) is 125 Å². The van der Waals surface area contributed by atoms with Crippen molar-refractivity contribution in [3.63, 3.8) is 0 Å². The molecule has 2 rings (SSSR count). The summed E-state index contributed by atoms with van der Waals surface area (Å²) in [6.07, 6.45) is 6.59. The molecule has 0 fully saturated rings. The Kier molecular flexibility index (Phi) is 8.64. The molecule has 8 nitrogen and oxygen atoms in total. The summed E-state index contributed by atoms with van der Waals surface area (Å²) in [4.78, 5) is 23.3. The van der Waals surface area contributed by atoms with Crippen LogP contribution in [0.3, 0.4) is 0 Å². The lowest BCUT2D eigenvalue weighted by molar-refractivity contribution is -0.122. The first-order valence-electron chi connectivity index (χ1n) is 9.05. The minimum atomic E-state index is -3.51. The van der Waals surface area contributed by atoms with E-state index in [2.05, 4.69) is 5.32 Å². The number of carbonyl (C=O) groups is 2. The fourth-order valence-corrected chi connectivity index (χ4v) is 3.31. The van der Waals surface area contributed by atoms with E-state index in [4.69, 9.17) is 26.2 Å². The summed E-state index contributed by atoms with van der Waals surface area (Å²) in [5.41, 5.74) is 1.85. The van der Waals surface area contributed by atoms with Gasteiger partial charge < -0.3 is 14.8 Å². The number of aldehydes is 1. The highest BCUT2D eigenvalue weighted by Crippen LogP contribution is 2.21. The van der Waals surface area contributed by atoms with Gasteiger partial charge >= 0.3 is 0 Å². The average molecular weight is 455 g/mol. The van der Waals surface area contributed by atoms with Crippen molar-refractivity contribution in [2.45, 2.75) is 19.8 Å². The van der Waals surface area contributed by atoms with Gasteiger partial charge in [-0.15, -0.1) is 0 Å². The van der Waals surface area contributed by atoms with E-state index >= 15 is 0 Å². The quantitative estimate of drug-likeness (QED) is 0.413. The smallest absolute Gasteiger partial charge is 0.262 e. The van der Waals surface area contributed by atoms with Crippen LogP contribution in [0.25, 0.3) is 0 Å². The van der Waals surface area contributed by atoms with Crippen LogP contribution in [-0.2, 0) is 19.6 Å². The molecule has 0 bridgehead atoms. The second kappa shape index (κ2) is 11.0. The van der Waals surface area contributed by atoms with Crippen LogP contribution in [0, 0.1) is 0 Å². The van der Waals surface area contributed by atoms with Crippen LogP contribution < -0.4 is 15.2 Å². The van der Waals surface area contributed by atoms with E-state index in [0.29, 0.717) is 29.2 Å². The Morgan fingerprint density at radius 1 is 1.30 bits per heavy atom. The van der Waals surface area contributed by atoms with Crippen LogP contribution in [0.5, 0.6) is 5.75 Å². The van der Waals surface area contributed by atoms with Crippen LogP contribution in [0.1, 0.15) is 30.1 Å². The van der Waals surface area contributed by atoms with Crippen LogP contribution in [0.15, 0.2) is 53.5 Å². The SMILES string of the molecule is CC1=CC(OCCCS(N)(=O)=O)=CC=C(NC(=O)COc2ccc(Cl)cc2C=O)C1. The molecule has 0 spiro atoms.